The minimum absolute atomic E-state index is 0.230. The normalized spacial score (nSPS) is 19.4. The molecular weight excluding hydrogens is 243 g/mol. The number of nitrogens with two attached hydrogens (primary N) is 1. The standard InChI is InChI=1S/C15H23FN2O/c1-11(17)12-6-5-7-13(16)14(12)18(2)10-15(19)8-3-4-9-15/h5-7,11,19H,3-4,8-10,17H2,1-2H3/t11-/m0/s1. The van der Waals surface area contributed by atoms with Crippen molar-refractivity contribution < 1.29 is 9.50 Å². The highest BCUT2D eigenvalue weighted by molar-refractivity contribution is 5.55. The Morgan fingerprint density at radius 2 is 2.05 bits per heavy atom. The molecule has 1 aromatic carbocycles. The third kappa shape index (κ3) is 3.07. The molecule has 1 saturated carbocycles. The number of likely N-dealkylation sites (N-methyl/N-ethyl adjacent to an activating group) is 1. The van der Waals surface area contributed by atoms with Crippen molar-refractivity contribution in [3.8, 4) is 0 Å². The van der Waals surface area contributed by atoms with Gasteiger partial charge in [0.2, 0.25) is 0 Å². The summed E-state index contributed by atoms with van der Waals surface area (Å²) in [6, 6.07) is 4.73. The van der Waals surface area contributed by atoms with Crippen LogP contribution < -0.4 is 10.6 Å². The van der Waals surface area contributed by atoms with Crippen LogP contribution in [0.25, 0.3) is 0 Å². The van der Waals surface area contributed by atoms with Gasteiger partial charge in [-0.3, -0.25) is 0 Å². The van der Waals surface area contributed by atoms with Crippen LogP contribution in [0.2, 0.25) is 0 Å². The van der Waals surface area contributed by atoms with Crippen molar-refractivity contribution in [2.45, 2.75) is 44.2 Å². The fourth-order valence-corrected chi connectivity index (χ4v) is 3.01. The summed E-state index contributed by atoms with van der Waals surface area (Å²) in [6.07, 6.45) is 3.67. The molecule has 0 bridgehead atoms. The fraction of sp³-hybridized carbons (Fsp3) is 0.600. The summed E-state index contributed by atoms with van der Waals surface area (Å²) < 4.78 is 14.1. The van der Waals surface area contributed by atoms with E-state index in [1.54, 1.807) is 11.0 Å². The van der Waals surface area contributed by atoms with Gasteiger partial charge in [-0.1, -0.05) is 25.0 Å². The van der Waals surface area contributed by atoms with Crippen LogP contribution in [-0.2, 0) is 0 Å². The molecule has 0 saturated heterocycles. The number of hydrogen-bond acceptors (Lipinski definition) is 3. The quantitative estimate of drug-likeness (QED) is 0.880. The van der Waals surface area contributed by atoms with Gasteiger partial charge in [0, 0.05) is 19.6 Å². The van der Waals surface area contributed by atoms with Crippen LogP contribution in [0.4, 0.5) is 10.1 Å². The molecule has 0 aromatic heterocycles. The van der Waals surface area contributed by atoms with Gasteiger partial charge in [0.15, 0.2) is 0 Å². The number of nitrogens with zero attached hydrogens (tertiary/aromatic N) is 1. The van der Waals surface area contributed by atoms with Crippen LogP contribution in [0.3, 0.4) is 0 Å². The highest BCUT2D eigenvalue weighted by Crippen LogP contribution is 2.33. The van der Waals surface area contributed by atoms with E-state index in [2.05, 4.69) is 0 Å². The van der Waals surface area contributed by atoms with Crippen molar-refractivity contribution in [1.29, 1.82) is 0 Å². The molecular formula is C15H23FN2O. The van der Waals surface area contributed by atoms with Crippen molar-refractivity contribution in [1.82, 2.24) is 0 Å². The minimum Gasteiger partial charge on any atom is -0.388 e. The predicted molar refractivity (Wildman–Crippen MR) is 75.7 cm³/mol. The predicted octanol–water partition coefficient (Wildman–Crippen LogP) is 2.59. The van der Waals surface area contributed by atoms with Crippen LogP contribution in [0.15, 0.2) is 18.2 Å². The number of halogens is 1. The van der Waals surface area contributed by atoms with Gasteiger partial charge in [-0.2, -0.15) is 0 Å². The lowest BCUT2D eigenvalue weighted by atomic mass is 10.00. The highest BCUT2D eigenvalue weighted by Gasteiger charge is 2.33. The second-order valence-corrected chi connectivity index (χ2v) is 5.75. The van der Waals surface area contributed by atoms with E-state index in [-0.39, 0.29) is 11.9 Å². The SMILES string of the molecule is C[C@H](N)c1cccc(F)c1N(C)CC1(O)CCCC1. The minimum atomic E-state index is -0.688. The molecule has 0 heterocycles. The molecule has 0 spiro atoms. The van der Waals surface area contributed by atoms with E-state index < -0.39 is 5.60 Å². The number of rotatable bonds is 4. The van der Waals surface area contributed by atoms with Crippen LogP contribution in [0.5, 0.6) is 0 Å². The average molecular weight is 266 g/mol. The molecule has 1 aliphatic rings. The topological polar surface area (TPSA) is 49.5 Å². The molecule has 3 N–H and O–H groups in total. The maximum absolute atomic E-state index is 14.1. The van der Waals surface area contributed by atoms with Gasteiger partial charge < -0.3 is 15.7 Å². The van der Waals surface area contributed by atoms with Crippen LogP contribution in [-0.4, -0.2) is 24.3 Å². The summed E-state index contributed by atoms with van der Waals surface area (Å²) in [5.74, 6) is -0.279. The first-order chi connectivity index (χ1) is 8.93. The molecule has 0 radical (unpaired) electrons. The molecule has 1 atom stereocenters. The van der Waals surface area contributed by atoms with Crippen molar-refractivity contribution in [2.24, 2.45) is 5.73 Å². The second kappa shape index (κ2) is 5.47. The number of hydrogen-bond donors (Lipinski definition) is 2. The van der Waals surface area contributed by atoms with Crippen LogP contribution in [0, 0.1) is 5.82 Å². The lowest BCUT2D eigenvalue weighted by Gasteiger charge is -2.32. The largest absolute Gasteiger partial charge is 0.388 e. The van der Waals surface area contributed by atoms with Gasteiger partial charge in [-0.15, -0.1) is 0 Å². The first-order valence-electron chi connectivity index (χ1n) is 6.90. The molecule has 1 fully saturated rings. The van der Waals surface area contributed by atoms with Crippen LogP contribution in [0.1, 0.15) is 44.2 Å². The lowest BCUT2D eigenvalue weighted by molar-refractivity contribution is 0.0558. The van der Waals surface area contributed by atoms with Gasteiger partial charge >= 0.3 is 0 Å². The van der Waals surface area contributed by atoms with Crippen molar-refractivity contribution in [2.75, 3.05) is 18.5 Å². The Labute approximate surface area is 114 Å². The molecule has 2 rings (SSSR count). The molecule has 19 heavy (non-hydrogen) atoms. The number of para-hydroxylation sites is 1. The Balaban J connectivity index is 2.25. The van der Waals surface area contributed by atoms with Crippen molar-refractivity contribution >= 4 is 5.69 Å². The van der Waals surface area contributed by atoms with Crippen molar-refractivity contribution in [3.63, 3.8) is 0 Å². The summed E-state index contributed by atoms with van der Waals surface area (Å²) in [7, 11) is 1.82. The average Bonchev–Trinajstić information content (AvgIpc) is 2.74. The Morgan fingerprint density at radius 3 is 2.63 bits per heavy atom. The smallest absolute Gasteiger partial charge is 0.146 e. The molecule has 0 unspecified atom stereocenters. The maximum atomic E-state index is 14.1. The van der Waals surface area contributed by atoms with E-state index in [4.69, 9.17) is 5.73 Å². The zero-order valence-electron chi connectivity index (χ0n) is 11.7. The first kappa shape index (κ1) is 14.3. The van der Waals surface area contributed by atoms with E-state index in [0.717, 1.165) is 31.2 Å². The summed E-state index contributed by atoms with van der Waals surface area (Å²) in [5, 5.41) is 10.4. The Morgan fingerprint density at radius 1 is 1.42 bits per heavy atom. The van der Waals surface area contributed by atoms with Gasteiger partial charge in [0.1, 0.15) is 5.82 Å². The lowest BCUT2D eigenvalue weighted by Crippen LogP contribution is -2.40. The molecule has 4 heteroatoms. The zero-order valence-corrected chi connectivity index (χ0v) is 11.7. The molecule has 0 aliphatic heterocycles. The maximum Gasteiger partial charge on any atom is 0.146 e. The summed E-state index contributed by atoms with van der Waals surface area (Å²) in [5.41, 5.74) is 6.51. The summed E-state index contributed by atoms with van der Waals surface area (Å²) >= 11 is 0. The number of benzene rings is 1. The molecule has 3 nitrogen and oxygen atoms in total. The number of anilines is 1. The van der Waals surface area contributed by atoms with Gasteiger partial charge in [0.05, 0.1) is 11.3 Å². The second-order valence-electron chi connectivity index (χ2n) is 5.75. The van der Waals surface area contributed by atoms with E-state index in [1.165, 1.54) is 6.07 Å². The Kier molecular flexibility index (Phi) is 4.11. The summed E-state index contributed by atoms with van der Waals surface area (Å²) in [6.45, 7) is 2.30. The molecule has 0 amide bonds. The monoisotopic (exact) mass is 266 g/mol. The summed E-state index contributed by atoms with van der Waals surface area (Å²) in [4.78, 5) is 1.80. The Bertz CT molecular complexity index is 442. The van der Waals surface area contributed by atoms with E-state index in [0.29, 0.717) is 12.2 Å². The third-order valence-electron chi connectivity index (χ3n) is 3.96. The van der Waals surface area contributed by atoms with E-state index in [9.17, 15) is 9.50 Å². The fourth-order valence-electron chi connectivity index (χ4n) is 3.01. The van der Waals surface area contributed by atoms with Gasteiger partial charge in [-0.05, 0) is 31.4 Å². The van der Waals surface area contributed by atoms with Gasteiger partial charge in [-0.25, -0.2) is 4.39 Å². The van der Waals surface area contributed by atoms with E-state index in [1.807, 2.05) is 20.0 Å². The molecule has 1 aromatic rings. The molecule has 106 valence electrons. The van der Waals surface area contributed by atoms with Crippen molar-refractivity contribution in [3.05, 3.63) is 29.6 Å². The number of aliphatic hydroxyl groups is 1. The zero-order chi connectivity index (χ0) is 14.0. The van der Waals surface area contributed by atoms with Crippen LogP contribution >= 0.6 is 0 Å². The highest BCUT2D eigenvalue weighted by atomic mass is 19.1. The molecule has 1 aliphatic carbocycles. The first-order valence-corrected chi connectivity index (χ1v) is 6.90. The third-order valence-corrected chi connectivity index (χ3v) is 3.96. The Hall–Kier alpha value is -1.13. The van der Waals surface area contributed by atoms with Gasteiger partial charge in [0.25, 0.3) is 0 Å². The van der Waals surface area contributed by atoms with E-state index >= 15 is 0 Å².